The van der Waals surface area contributed by atoms with E-state index in [9.17, 15) is 4.39 Å². The van der Waals surface area contributed by atoms with Crippen LogP contribution in [0.25, 0.3) is 5.69 Å². The first-order chi connectivity index (χ1) is 10.6. The van der Waals surface area contributed by atoms with E-state index >= 15 is 0 Å². The lowest BCUT2D eigenvalue weighted by Gasteiger charge is -2.19. The molecule has 2 aromatic heterocycles. The molecule has 0 bridgehead atoms. The molecule has 0 saturated heterocycles. The molecule has 0 spiro atoms. The van der Waals surface area contributed by atoms with Crippen molar-refractivity contribution < 1.29 is 4.39 Å². The fourth-order valence-electron chi connectivity index (χ4n) is 2.16. The van der Waals surface area contributed by atoms with Gasteiger partial charge in [0.15, 0.2) is 11.6 Å². The highest BCUT2D eigenvalue weighted by atomic mass is 19.1. The van der Waals surface area contributed by atoms with Crippen molar-refractivity contribution in [2.45, 2.75) is 6.54 Å². The van der Waals surface area contributed by atoms with Gasteiger partial charge in [0.1, 0.15) is 6.33 Å². The van der Waals surface area contributed by atoms with Crippen LogP contribution >= 0.6 is 0 Å². The molecule has 0 fully saturated rings. The van der Waals surface area contributed by atoms with Crippen LogP contribution in [0.5, 0.6) is 0 Å². The average molecular weight is 298 g/mol. The Hall–Kier alpha value is -2.96. The third-order valence-electron chi connectivity index (χ3n) is 3.28. The maximum atomic E-state index is 13.9. The summed E-state index contributed by atoms with van der Waals surface area (Å²) in [5.41, 5.74) is 7.45. The van der Waals surface area contributed by atoms with Crippen LogP contribution in [0.3, 0.4) is 0 Å². The predicted molar refractivity (Wildman–Crippen MR) is 82.1 cm³/mol. The Balaban J connectivity index is 1.77. The molecule has 7 heteroatoms. The molecule has 0 aliphatic heterocycles. The monoisotopic (exact) mass is 298 g/mol. The summed E-state index contributed by atoms with van der Waals surface area (Å²) < 4.78 is 15.7. The second-order valence-electron chi connectivity index (χ2n) is 4.87. The van der Waals surface area contributed by atoms with Crippen LogP contribution in [0.4, 0.5) is 16.0 Å². The van der Waals surface area contributed by atoms with Gasteiger partial charge in [-0.3, -0.25) is 0 Å². The fraction of sp³-hybridized carbons (Fsp3) is 0.133. The fourth-order valence-corrected chi connectivity index (χ4v) is 2.16. The van der Waals surface area contributed by atoms with Crippen molar-refractivity contribution in [3.05, 3.63) is 60.4 Å². The van der Waals surface area contributed by atoms with Gasteiger partial charge in [-0.2, -0.15) is 9.49 Å². The Kier molecular flexibility index (Phi) is 3.69. The van der Waals surface area contributed by atoms with Crippen molar-refractivity contribution in [3.63, 3.8) is 0 Å². The lowest BCUT2D eigenvalue weighted by Crippen LogP contribution is -2.20. The molecule has 112 valence electrons. The first-order valence-corrected chi connectivity index (χ1v) is 6.71. The summed E-state index contributed by atoms with van der Waals surface area (Å²) in [5.74, 6) is -0.562. The molecule has 0 atom stereocenters. The van der Waals surface area contributed by atoms with Gasteiger partial charge in [-0.15, -0.1) is 0 Å². The third-order valence-corrected chi connectivity index (χ3v) is 3.28. The average Bonchev–Trinajstić information content (AvgIpc) is 3.05. The number of hydrogen-bond acceptors (Lipinski definition) is 5. The zero-order chi connectivity index (χ0) is 15.5. The lowest BCUT2D eigenvalue weighted by molar-refractivity contribution is 0.613. The Bertz CT molecular complexity index is 754. The highest BCUT2D eigenvalue weighted by Crippen LogP contribution is 2.20. The smallest absolute Gasteiger partial charge is 0.207 e. The molecule has 3 aromatic rings. The van der Waals surface area contributed by atoms with Gasteiger partial charge in [0.2, 0.25) is 5.82 Å². The number of nitrogen functional groups attached to an aromatic ring is 1. The van der Waals surface area contributed by atoms with Crippen molar-refractivity contribution >= 4 is 11.6 Å². The topological polar surface area (TPSA) is 72.9 Å². The molecule has 0 radical (unpaired) electrons. The Morgan fingerprint density at radius 1 is 1.23 bits per heavy atom. The second-order valence-corrected chi connectivity index (χ2v) is 4.87. The molecule has 0 aliphatic rings. The summed E-state index contributed by atoms with van der Waals surface area (Å²) >= 11 is 0. The Labute approximate surface area is 127 Å². The molecule has 2 heterocycles. The molecule has 0 amide bonds. The molecule has 0 unspecified atom stereocenters. The maximum absolute atomic E-state index is 13.9. The minimum atomic E-state index is -0.599. The van der Waals surface area contributed by atoms with E-state index in [0.29, 0.717) is 6.54 Å². The third kappa shape index (κ3) is 2.73. The summed E-state index contributed by atoms with van der Waals surface area (Å²) in [7, 11) is 1.76. The molecule has 1 aromatic carbocycles. The first kappa shape index (κ1) is 14.0. The van der Waals surface area contributed by atoms with Gasteiger partial charge in [0.25, 0.3) is 0 Å². The van der Waals surface area contributed by atoms with Crippen molar-refractivity contribution in [2.75, 3.05) is 17.7 Å². The molecule has 0 aliphatic carbocycles. The number of benzene rings is 1. The van der Waals surface area contributed by atoms with Crippen LogP contribution in [0, 0.1) is 5.82 Å². The van der Waals surface area contributed by atoms with Crippen LogP contribution in [0.15, 0.2) is 49.1 Å². The molecule has 3 rings (SSSR count). The number of nitrogens with two attached hydrogens (primary N) is 1. The zero-order valence-corrected chi connectivity index (χ0v) is 12.0. The van der Waals surface area contributed by atoms with Gasteiger partial charge >= 0.3 is 0 Å². The molecule has 6 nitrogen and oxygen atoms in total. The number of nitrogens with zero attached hydrogens (tertiary/aromatic N) is 5. The second kappa shape index (κ2) is 5.80. The largest absolute Gasteiger partial charge is 0.381 e. The van der Waals surface area contributed by atoms with Crippen LogP contribution in [0.1, 0.15) is 5.56 Å². The van der Waals surface area contributed by atoms with E-state index in [0.717, 1.165) is 11.3 Å². The summed E-state index contributed by atoms with van der Waals surface area (Å²) in [6, 6.07) is 9.72. The summed E-state index contributed by atoms with van der Waals surface area (Å²) in [5, 5.41) is 4.17. The van der Waals surface area contributed by atoms with Crippen LogP contribution in [-0.4, -0.2) is 26.8 Å². The summed E-state index contributed by atoms with van der Waals surface area (Å²) in [6.45, 7) is 0.507. The summed E-state index contributed by atoms with van der Waals surface area (Å²) in [6.07, 6.45) is 4.86. The van der Waals surface area contributed by atoms with E-state index in [1.54, 1.807) is 22.8 Å². The normalized spacial score (nSPS) is 10.6. The van der Waals surface area contributed by atoms with Gasteiger partial charge in [-0.1, -0.05) is 12.1 Å². The maximum Gasteiger partial charge on any atom is 0.207 e. The minimum Gasteiger partial charge on any atom is -0.381 e. The number of halogens is 1. The van der Waals surface area contributed by atoms with Crippen LogP contribution in [0.2, 0.25) is 0 Å². The van der Waals surface area contributed by atoms with Gasteiger partial charge in [-0.05, 0) is 23.8 Å². The lowest BCUT2D eigenvalue weighted by atomic mass is 10.2. The SMILES string of the molecule is CN(Cc1ccc(-n2cccn2)cc1)c1ncnc(N)c1F. The zero-order valence-electron chi connectivity index (χ0n) is 12.0. The number of anilines is 2. The summed E-state index contributed by atoms with van der Waals surface area (Å²) in [4.78, 5) is 9.25. The van der Waals surface area contributed by atoms with E-state index in [1.807, 2.05) is 36.5 Å². The standard InChI is InChI=1S/C15H15FN6/c1-21(15-13(16)14(17)18-10-19-15)9-11-3-5-12(6-4-11)22-8-2-7-20-22/h2-8,10H,9H2,1H3,(H2,17,18,19). The van der Waals surface area contributed by atoms with Crippen LogP contribution < -0.4 is 10.6 Å². The Morgan fingerprint density at radius 3 is 2.68 bits per heavy atom. The highest BCUT2D eigenvalue weighted by molar-refractivity contribution is 5.48. The van der Waals surface area contributed by atoms with Crippen molar-refractivity contribution in [1.82, 2.24) is 19.7 Å². The van der Waals surface area contributed by atoms with Gasteiger partial charge < -0.3 is 10.6 Å². The number of hydrogen-bond donors (Lipinski definition) is 1. The van der Waals surface area contributed by atoms with Gasteiger partial charge in [0.05, 0.1) is 5.69 Å². The van der Waals surface area contributed by atoms with E-state index < -0.39 is 5.82 Å². The van der Waals surface area contributed by atoms with E-state index in [-0.39, 0.29) is 11.6 Å². The first-order valence-electron chi connectivity index (χ1n) is 6.71. The quantitative estimate of drug-likeness (QED) is 0.797. The molecule has 22 heavy (non-hydrogen) atoms. The van der Waals surface area contributed by atoms with Crippen molar-refractivity contribution in [3.8, 4) is 5.69 Å². The van der Waals surface area contributed by atoms with E-state index in [2.05, 4.69) is 15.1 Å². The van der Waals surface area contributed by atoms with Gasteiger partial charge in [0, 0.05) is 26.0 Å². The molecule has 2 N–H and O–H groups in total. The van der Waals surface area contributed by atoms with Crippen molar-refractivity contribution in [2.24, 2.45) is 0 Å². The number of rotatable bonds is 4. The minimum absolute atomic E-state index is 0.147. The van der Waals surface area contributed by atoms with E-state index in [1.165, 1.54) is 6.33 Å². The van der Waals surface area contributed by atoms with Crippen LogP contribution in [-0.2, 0) is 6.54 Å². The molecular formula is C15H15FN6. The molecular weight excluding hydrogens is 283 g/mol. The predicted octanol–water partition coefficient (Wildman–Crippen LogP) is 2.02. The Morgan fingerprint density at radius 2 is 2.00 bits per heavy atom. The van der Waals surface area contributed by atoms with Crippen molar-refractivity contribution in [1.29, 1.82) is 0 Å². The number of aromatic nitrogens is 4. The highest BCUT2D eigenvalue weighted by Gasteiger charge is 2.13. The van der Waals surface area contributed by atoms with E-state index in [4.69, 9.17) is 5.73 Å². The molecule has 0 saturated carbocycles. The van der Waals surface area contributed by atoms with Gasteiger partial charge in [-0.25, -0.2) is 14.6 Å².